The molecule has 0 bridgehead atoms. The van der Waals surface area contributed by atoms with E-state index in [0.29, 0.717) is 38.6 Å². The van der Waals surface area contributed by atoms with Crippen LogP contribution in [0.3, 0.4) is 0 Å². The van der Waals surface area contributed by atoms with Gasteiger partial charge in [-0.1, -0.05) is 6.07 Å². The Bertz CT molecular complexity index is 768. The SMILES string of the molecule is CCS(=O)(=O)N(C)CCCNC(=NC)NC1CCN(c2c(F)cccc2F)C1. The molecular formula is C18H29F2N5O2S. The summed E-state index contributed by atoms with van der Waals surface area (Å²) in [7, 11) is 0.0456. The number of rotatable bonds is 8. The molecule has 1 aliphatic heterocycles. The maximum absolute atomic E-state index is 14.0. The van der Waals surface area contributed by atoms with E-state index < -0.39 is 21.7 Å². The van der Waals surface area contributed by atoms with Crippen LogP contribution < -0.4 is 15.5 Å². The van der Waals surface area contributed by atoms with E-state index in [1.165, 1.54) is 22.5 Å². The first-order valence-corrected chi connectivity index (χ1v) is 11.0. The first kappa shape index (κ1) is 22.4. The maximum atomic E-state index is 14.0. The smallest absolute Gasteiger partial charge is 0.213 e. The number of benzene rings is 1. The Balaban J connectivity index is 1.80. The van der Waals surface area contributed by atoms with Gasteiger partial charge in [-0.25, -0.2) is 21.5 Å². The summed E-state index contributed by atoms with van der Waals surface area (Å²) in [5.41, 5.74) is 0.00918. The Hall–Kier alpha value is -1.94. The molecule has 10 heteroatoms. The van der Waals surface area contributed by atoms with Gasteiger partial charge in [0.1, 0.15) is 17.3 Å². The van der Waals surface area contributed by atoms with Gasteiger partial charge in [-0.2, -0.15) is 0 Å². The number of para-hydroxylation sites is 1. The van der Waals surface area contributed by atoms with Crippen LogP contribution in [0.1, 0.15) is 19.8 Å². The lowest BCUT2D eigenvalue weighted by Gasteiger charge is -2.21. The van der Waals surface area contributed by atoms with Gasteiger partial charge in [0.05, 0.1) is 5.75 Å². The zero-order valence-electron chi connectivity index (χ0n) is 16.6. The molecular weight excluding hydrogens is 388 g/mol. The molecule has 1 saturated heterocycles. The van der Waals surface area contributed by atoms with Crippen molar-refractivity contribution in [3.63, 3.8) is 0 Å². The third-order valence-electron chi connectivity index (χ3n) is 4.79. The minimum atomic E-state index is -3.17. The number of nitrogens with zero attached hydrogens (tertiary/aromatic N) is 3. The monoisotopic (exact) mass is 417 g/mol. The Labute approximate surface area is 165 Å². The first-order chi connectivity index (χ1) is 13.3. The van der Waals surface area contributed by atoms with Crippen molar-refractivity contribution in [3.8, 4) is 0 Å². The van der Waals surface area contributed by atoms with Gasteiger partial charge < -0.3 is 15.5 Å². The summed E-state index contributed by atoms with van der Waals surface area (Å²) in [6.07, 6.45) is 1.36. The number of guanidine groups is 1. The number of sulfonamides is 1. The summed E-state index contributed by atoms with van der Waals surface area (Å²) in [6.45, 7) is 3.61. The number of halogens is 2. The zero-order chi connectivity index (χ0) is 20.7. The molecule has 158 valence electrons. The molecule has 0 radical (unpaired) electrons. The summed E-state index contributed by atoms with van der Waals surface area (Å²) in [4.78, 5) is 5.86. The van der Waals surface area contributed by atoms with E-state index in [-0.39, 0.29) is 17.5 Å². The zero-order valence-corrected chi connectivity index (χ0v) is 17.4. The third-order valence-corrected chi connectivity index (χ3v) is 6.65. The third kappa shape index (κ3) is 5.78. The molecule has 28 heavy (non-hydrogen) atoms. The predicted molar refractivity (Wildman–Crippen MR) is 108 cm³/mol. The summed E-state index contributed by atoms with van der Waals surface area (Å²) >= 11 is 0. The fourth-order valence-corrected chi connectivity index (χ4v) is 3.98. The van der Waals surface area contributed by atoms with Crippen LogP contribution >= 0.6 is 0 Å². The number of nitrogens with one attached hydrogen (secondary N) is 2. The standard InChI is InChI=1S/C18H29F2N5O2S/c1-4-28(26,27)24(3)11-6-10-22-18(21-2)23-14-9-12-25(13-14)17-15(19)7-5-8-16(17)20/h5,7-8,14H,4,6,9-13H2,1-3H3,(H2,21,22,23). The molecule has 0 aliphatic carbocycles. The van der Waals surface area contributed by atoms with Gasteiger partial charge in [0.2, 0.25) is 10.0 Å². The van der Waals surface area contributed by atoms with Crippen molar-refractivity contribution in [1.82, 2.24) is 14.9 Å². The van der Waals surface area contributed by atoms with E-state index in [1.54, 1.807) is 25.9 Å². The highest BCUT2D eigenvalue weighted by Crippen LogP contribution is 2.26. The summed E-state index contributed by atoms with van der Waals surface area (Å²) in [5.74, 6) is -0.452. The molecule has 1 fully saturated rings. The molecule has 1 heterocycles. The minimum absolute atomic E-state index is 0.00773. The summed E-state index contributed by atoms with van der Waals surface area (Å²) in [6, 6.07) is 3.88. The van der Waals surface area contributed by atoms with Crippen molar-refractivity contribution in [3.05, 3.63) is 29.8 Å². The highest BCUT2D eigenvalue weighted by atomic mass is 32.2. The van der Waals surface area contributed by atoms with Crippen LogP contribution in [0, 0.1) is 11.6 Å². The van der Waals surface area contributed by atoms with E-state index in [4.69, 9.17) is 0 Å². The average Bonchev–Trinajstić information content (AvgIpc) is 3.11. The van der Waals surface area contributed by atoms with Crippen LogP contribution in [-0.4, -0.2) is 70.8 Å². The molecule has 1 unspecified atom stereocenters. The molecule has 1 aromatic carbocycles. The molecule has 0 amide bonds. The van der Waals surface area contributed by atoms with Crippen LogP contribution in [-0.2, 0) is 10.0 Å². The van der Waals surface area contributed by atoms with E-state index in [2.05, 4.69) is 15.6 Å². The molecule has 2 rings (SSSR count). The van der Waals surface area contributed by atoms with Crippen LogP contribution in [0.4, 0.5) is 14.5 Å². The Morgan fingerprint density at radius 2 is 2.04 bits per heavy atom. The van der Waals surface area contributed by atoms with Crippen molar-refractivity contribution in [2.45, 2.75) is 25.8 Å². The fourth-order valence-electron chi connectivity index (χ4n) is 3.13. The van der Waals surface area contributed by atoms with E-state index >= 15 is 0 Å². The number of anilines is 1. The van der Waals surface area contributed by atoms with Crippen LogP contribution in [0.25, 0.3) is 0 Å². The second-order valence-corrected chi connectivity index (χ2v) is 9.09. The first-order valence-electron chi connectivity index (χ1n) is 9.38. The Morgan fingerprint density at radius 1 is 1.36 bits per heavy atom. The summed E-state index contributed by atoms with van der Waals surface area (Å²) in [5, 5.41) is 6.40. The van der Waals surface area contributed by atoms with Gasteiger partial charge in [-0.05, 0) is 31.9 Å². The largest absolute Gasteiger partial charge is 0.365 e. The molecule has 0 aromatic heterocycles. The molecule has 0 spiro atoms. The molecule has 1 aromatic rings. The number of hydrogen-bond acceptors (Lipinski definition) is 4. The molecule has 2 N–H and O–H groups in total. The van der Waals surface area contributed by atoms with Crippen molar-refractivity contribution in [1.29, 1.82) is 0 Å². The minimum Gasteiger partial charge on any atom is -0.365 e. The van der Waals surface area contributed by atoms with Crippen molar-refractivity contribution < 1.29 is 17.2 Å². The topological polar surface area (TPSA) is 77.0 Å². The number of hydrogen-bond donors (Lipinski definition) is 2. The lowest BCUT2D eigenvalue weighted by Crippen LogP contribution is -2.45. The van der Waals surface area contributed by atoms with Gasteiger partial charge in [-0.15, -0.1) is 0 Å². The highest BCUT2D eigenvalue weighted by molar-refractivity contribution is 7.89. The lowest BCUT2D eigenvalue weighted by molar-refractivity contribution is 0.461. The van der Waals surface area contributed by atoms with E-state index in [9.17, 15) is 17.2 Å². The van der Waals surface area contributed by atoms with E-state index in [0.717, 1.165) is 6.42 Å². The van der Waals surface area contributed by atoms with Crippen LogP contribution in [0.5, 0.6) is 0 Å². The van der Waals surface area contributed by atoms with Crippen molar-refractivity contribution >= 4 is 21.7 Å². The highest BCUT2D eigenvalue weighted by Gasteiger charge is 2.27. The van der Waals surface area contributed by atoms with E-state index in [1.807, 2.05) is 0 Å². The molecule has 1 atom stereocenters. The predicted octanol–water partition coefficient (Wildman–Crippen LogP) is 1.38. The lowest BCUT2D eigenvalue weighted by atomic mass is 10.2. The molecule has 0 saturated carbocycles. The van der Waals surface area contributed by atoms with Crippen molar-refractivity contribution in [2.75, 3.05) is 50.9 Å². The van der Waals surface area contributed by atoms with Crippen LogP contribution in [0.15, 0.2) is 23.2 Å². The fraction of sp³-hybridized carbons (Fsp3) is 0.611. The Morgan fingerprint density at radius 3 is 2.64 bits per heavy atom. The van der Waals surface area contributed by atoms with Gasteiger partial charge in [0.25, 0.3) is 0 Å². The maximum Gasteiger partial charge on any atom is 0.213 e. The normalized spacial score (nSPS) is 18.0. The van der Waals surface area contributed by atoms with Gasteiger partial charge in [-0.3, -0.25) is 4.99 Å². The van der Waals surface area contributed by atoms with Crippen LogP contribution in [0.2, 0.25) is 0 Å². The van der Waals surface area contributed by atoms with Crippen molar-refractivity contribution in [2.24, 2.45) is 4.99 Å². The Kier molecular flexibility index (Phi) is 7.99. The summed E-state index contributed by atoms with van der Waals surface area (Å²) < 4.78 is 52.7. The van der Waals surface area contributed by atoms with Gasteiger partial charge in [0, 0.05) is 46.3 Å². The molecule has 7 nitrogen and oxygen atoms in total. The number of aliphatic imine (C=N–C) groups is 1. The second kappa shape index (κ2) is 10.0. The quantitative estimate of drug-likeness (QED) is 0.380. The average molecular weight is 418 g/mol. The molecule has 1 aliphatic rings. The van der Waals surface area contributed by atoms with Gasteiger partial charge >= 0.3 is 0 Å². The van der Waals surface area contributed by atoms with Gasteiger partial charge in [0.15, 0.2) is 5.96 Å². The second-order valence-electron chi connectivity index (χ2n) is 6.72.